The molecule has 0 spiro atoms. The molecule has 0 saturated heterocycles. The lowest BCUT2D eigenvalue weighted by Crippen LogP contribution is -2.00. The second-order valence-corrected chi connectivity index (χ2v) is 7.39. The van der Waals surface area contributed by atoms with Gasteiger partial charge in [-0.1, -0.05) is 30.3 Å². The molecule has 5 heteroatoms. The van der Waals surface area contributed by atoms with E-state index in [0.717, 1.165) is 29.7 Å². The summed E-state index contributed by atoms with van der Waals surface area (Å²) in [5, 5.41) is 0. The molecule has 1 aromatic heterocycles. The van der Waals surface area contributed by atoms with Gasteiger partial charge in [-0.25, -0.2) is 0 Å². The number of nitrogens with zero attached hydrogens (tertiary/aromatic N) is 1. The van der Waals surface area contributed by atoms with Gasteiger partial charge in [-0.15, -0.1) is 0 Å². The third-order valence-electron chi connectivity index (χ3n) is 5.07. The monoisotopic (exact) mass is 431 g/mol. The van der Waals surface area contributed by atoms with Gasteiger partial charge < -0.3 is 14.2 Å². The zero-order valence-electron chi connectivity index (χ0n) is 18.6. The third kappa shape index (κ3) is 7.27. The number of ketones is 1. The molecule has 3 aromatic rings. The maximum absolute atomic E-state index is 12.2. The van der Waals surface area contributed by atoms with Gasteiger partial charge >= 0.3 is 0 Å². The number of methoxy groups -OCH3 is 2. The zero-order chi connectivity index (χ0) is 22.6. The summed E-state index contributed by atoms with van der Waals surface area (Å²) < 4.78 is 16.6. The predicted octanol–water partition coefficient (Wildman–Crippen LogP) is 5.37. The Kier molecular flexibility index (Phi) is 8.87. The fraction of sp³-hybridized carbons (Fsp3) is 0.259. The third-order valence-corrected chi connectivity index (χ3v) is 5.07. The Labute approximate surface area is 189 Å². The van der Waals surface area contributed by atoms with Crippen LogP contribution in [0.15, 0.2) is 79.1 Å². The van der Waals surface area contributed by atoms with Crippen molar-refractivity contribution in [3.05, 3.63) is 95.8 Å². The Morgan fingerprint density at radius 3 is 2.44 bits per heavy atom. The largest absolute Gasteiger partial charge is 0.497 e. The molecule has 0 fully saturated rings. The first-order valence-electron chi connectivity index (χ1n) is 10.7. The first-order chi connectivity index (χ1) is 15.7. The summed E-state index contributed by atoms with van der Waals surface area (Å²) in [6.45, 7) is 0.433. The minimum atomic E-state index is 0.120. The molecule has 32 heavy (non-hydrogen) atoms. The van der Waals surface area contributed by atoms with Gasteiger partial charge in [0.2, 0.25) is 0 Å². The van der Waals surface area contributed by atoms with Crippen molar-refractivity contribution in [3.8, 4) is 17.2 Å². The van der Waals surface area contributed by atoms with Gasteiger partial charge in [0, 0.05) is 18.8 Å². The van der Waals surface area contributed by atoms with Crippen LogP contribution in [-0.4, -0.2) is 25.0 Å². The zero-order valence-corrected chi connectivity index (χ0v) is 18.6. The number of pyridine rings is 1. The lowest BCUT2D eigenvalue weighted by molar-refractivity contribution is -0.114. The number of aryl methyl sites for hydroxylation is 2. The van der Waals surface area contributed by atoms with Gasteiger partial charge in [0.15, 0.2) is 17.3 Å². The Bertz CT molecular complexity index is 1010. The molecule has 0 unspecified atom stereocenters. The van der Waals surface area contributed by atoms with Gasteiger partial charge in [0.1, 0.15) is 12.4 Å². The molecule has 1 heterocycles. The molecule has 0 aliphatic rings. The van der Waals surface area contributed by atoms with Gasteiger partial charge in [0.05, 0.1) is 14.2 Å². The smallest absolute Gasteiger partial charge is 0.161 e. The van der Waals surface area contributed by atoms with Crippen molar-refractivity contribution in [2.45, 2.75) is 32.3 Å². The van der Waals surface area contributed by atoms with E-state index < -0.39 is 0 Å². The van der Waals surface area contributed by atoms with Crippen LogP contribution in [0.1, 0.15) is 29.5 Å². The Morgan fingerprint density at radius 1 is 0.906 bits per heavy atom. The highest BCUT2D eigenvalue weighted by Crippen LogP contribution is 2.29. The predicted molar refractivity (Wildman–Crippen MR) is 125 cm³/mol. The number of hydrogen-bond donors (Lipinski definition) is 0. The molecule has 0 atom stereocenters. The second kappa shape index (κ2) is 12.3. The van der Waals surface area contributed by atoms with Gasteiger partial charge in [0.25, 0.3) is 0 Å². The number of benzene rings is 2. The second-order valence-electron chi connectivity index (χ2n) is 7.39. The van der Waals surface area contributed by atoms with Crippen molar-refractivity contribution in [2.75, 3.05) is 14.2 Å². The van der Waals surface area contributed by atoms with Crippen LogP contribution in [0.25, 0.3) is 0 Å². The van der Waals surface area contributed by atoms with E-state index in [1.165, 1.54) is 5.56 Å². The van der Waals surface area contributed by atoms with Gasteiger partial charge in [-0.2, -0.15) is 0 Å². The number of allylic oxidation sites excluding steroid dienone is 2. The number of hydrogen-bond acceptors (Lipinski definition) is 5. The highest BCUT2D eigenvalue weighted by molar-refractivity contribution is 5.89. The van der Waals surface area contributed by atoms with Crippen molar-refractivity contribution >= 4 is 5.78 Å². The van der Waals surface area contributed by atoms with E-state index in [-0.39, 0.29) is 5.78 Å². The SMILES string of the molecule is COc1ccc(COc2ccc(CCC(=O)/C=C/CCc3cccnc3)cc2OC)cc1. The maximum atomic E-state index is 12.2. The molecule has 166 valence electrons. The van der Waals surface area contributed by atoms with Gasteiger partial charge in [-0.3, -0.25) is 9.78 Å². The first kappa shape index (κ1) is 23.1. The number of rotatable bonds is 12. The quantitative estimate of drug-likeness (QED) is 0.361. The molecule has 0 aliphatic carbocycles. The van der Waals surface area contributed by atoms with E-state index in [4.69, 9.17) is 14.2 Å². The van der Waals surface area contributed by atoms with Crippen molar-refractivity contribution in [2.24, 2.45) is 0 Å². The summed E-state index contributed by atoms with van der Waals surface area (Å²) in [5.74, 6) is 2.27. The lowest BCUT2D eigenvalue weighted by atomic mass is 10.1. The highest BCUT2D eigenvalue weighted by atomic mass is 16.5. The fourth-order valence-corrected chi connectivity index (χ4v) is 3.23. The van der Waals surface area contributed by atoms with Gasteiger partial charge in [-0.05, 0) is 72.4 Å². The van der Waals surface area contributed by atoms with Crippen LogP contribution in [-0.2, 0) is 24.2 Å². The molecule has 0 N–H and O–H groups in total. The summed E-state index contributed by atoms with van der Waals surface area (Å²) in [6, 6.07) is 17.5. The van der Waals surface area contributed by atoms with Crippen molar-refractivity contribution < 1.29 is 19.0 Å². The Balaban J connectivity index is 1.46. The molecule has 5 nitrogen and oxygen atoms in total. The van der Waals surface area contributed by atoms with Crippen molar-refractivity contribution in [3.63, 3.8) is 0 Å². The van der Waals surface area contributed by atoms with Crippen molar-refractivity contribution in [1.29, 1.82) is 0 Å². The van der Waals surface area contributed by atoms with E-state index in [2.05, 4.69) is 4.98 Å². The summed E-state index contributed by atoms with van der Waals surface area (Å²) in [6.07, 6.45) is 10.1. The highest BCUT2D eigenvalue weighted by Gasteiger charge is 2.08. The van der Waals surface area contributed by atoms with Crippen LogP contribution in [0.5, 0.6) is 17.2 Å². The van der Waals surface area contributed by atoms with Crippen LogP contribution in [0.2, 0.25) is 0 Å². The normalized spacial score (nSPS) is 10.8. The van der Waals surface area contributed by atoms with E-state index in [1.54, 1.807) is 26.5 Å². The molecule has 0 saturated carbocycles. The van der Waals surface area contributed by atoms with E-state index >= 15 is 0 Å². The van der Waals surface area contributed by atoms with E-state index in [0.29, 0.717) is 30.9 Å². The van der Waals surface area contributed by atoms with Crippen LogP contribution in [0.4, 0.5) is 0 Å². The number of carbonyl (C=O) groups excluding carboxylic acids is 1. The molecular weight excluding hydrogens is 402 g/mol. The molecular formula is C27H29NO4. The van der Waals surface area contributed by atoms with Crippen LogP contribution in [0.3, 0.4) is 0 Å². The fourth-order valence-electron chi connectivity index (χ4n) is 3.23. The topological polar surface area (TPSA) is 57.7 Å². The summed E-state index contributed by atoms with van der Waals surface area (Å²) in [5.41, 5.74) is 3.25. The molecule has 0 aliphatic heterocycles. The number of ether oxygens (including phenoxy) is 3. The number of carbonyl (C=O) groups is 1. The maximum Gasteiger partial charge on any atom is 0.161 e. The molecule has 0 bridgehead atoms. The standard InChI is InChI=1S/C27H29NO4/c1-30-25-14-10-23(11-15-25)20-32-26-16-12-21(18-27(26)31-2)9-13-24(29)8-4-3-6-22-7-5-17-28-19-22/h4-5,7-8,10-12,14-19H,3,6,9,13,20H2,1-2H3/b8-4+. The summed E-state index contributed by atoms with van der Waals surface area (Å²) in [4.78, 5) is 16.3. The van der Waals surface area contributed by atoms with Crippen LogP contribution >= 0.6 is 0 Å². The lowest BCUT2D eigenvalue weighted by Gasteiger charge is -2.12. The average molecular weight is 432 g/mol. The van der Waals surface area contributed by atoms with Crippen molar-refractivity contribution in [1.82, 2.24) is 4.98 Å². The van der Waals surface area contributed by atoms with E-state index in [1.807, 2.05) is 66.9 Å². The minimum Gasteiger partial charge on any atom is -0.497 e. The molecule has 0 amide bonds. The molecule has 3 rings (SSSR count). The Morgan fingerprint density at radius 2 is 1.72 bits per heavy atom. The van der Waals surface area contributed by atoms with Crippen LogP contribution < -0.4 is 14.2 Å². The summed E-state index contributed by atoms with van der Waals surface area (Å²) >= 11 is 0. The minimum absolute atomic E-state index is 0.120. The van der Waals surface area contributed by atoms with Crippen LogP contribution in [0, 0.1) is 0 Å². The first-order valence-corrected chi connectivity index (χ1v) is 10.7. The van der Waals surface area contributed by atoms with E-state index in [9.17, 15) is 4.79 Å². The molecule has 2 aromatic carbocycles. The Hall–Kier alpha value is -3.60. The average Bonchev–Trinajstić information content (AvgIpc) is 2.85. The number of aromatic nitrogens is 1. The summed E-state index contributed by atoms with van der Waals surface area (Å²) in [7, 11) is 3.27. The molecule has 0 radical (unpaired) electrons.